The van der Waals surface area contributed by atoms with E-state index in [9.17, 15) is 0 Å². The Kier molecular flexibility index (Phi) is 5.05. The van der Waals surface area contributed by atoms with Crippen molar-refractivity contribution in [2.75, 3.05) is 6.54 Å². The van der Waals surface area contributed by atoms with Crippen molar-refractivity contribution in [2.45, 2.75) is 72.1 Å². The zero-order valence-corrected chi connectivity index (χ0v) is 14.4. The van der Waals surface area contributed by atoms with Gasteiger partial charge in [-0.3, -0.25) is 9.58 Å². The lowest BCUT2D eigenvalue weighted by Gasteiger charge is -2.24. The smallest absolute Gasteiger partial charge is 0.165 e. The van der Waals surface area contributed by atoms with Gasteiger partial charge in [-0.2, -0.15) is 5.10 Å². The Hall–Kier alpha value is -1.76. The molecule has 23 heavy (non-hydrogen) atoms. The Morgan fingerprint density at radius 1 is 1.26 bits per heavy atom. The van der Waals surface area contributed by atoms with Crippen molar-refractivity contribution >= 4 is 0 Å². The number of aromatic nitrogens is 6. The van der Waals surface area contributed by atoms with Crippen LogP contribution < -0.4 is 0 Å². The van der Waals surface area contributed by atoms with Crippen molar-refractivity contribution in [1.29, 1.82) is 0 Å². The van der Waals surface area contributed by atoms with Crippen LogP contribution >= 0.6 is 0 Å². The van der Waals surface area contributed by atoms with Gasteiger partial charge in [0.05, 0.1) is 18.8 Å². The molecule has 3 heterocycles. The van der Waals surface area contributed by atoms with Crippen LogP contribution in [0.2, 0.25) is 0 Å². The first-order valence-electron chi connectivity index (χ1n) is 8.67. The highest BCUT2D eigenvalue weighted by molar-refractivity contribution is 5.07. The van der Waals surface area contributed by atoms with E-state index in [1.807, 2.05) is 4.68 Å². The second-order valence-electron chi connectivity index (χ2n) is 6.55. The van der Waals surface area contributed by atoms with Gasteiger partial charge in [-0.15, -0.1) is 5.10 Å². The summed E-state index contributed by atoms with van der Waals surface area (Å²) in [5.41, 5.74) is 2.33. The quantitative estimate of drug-likeness (QED) is 0.781. The SMILES string of the molecule is CCCCn1nnnc1CN1CCC[C@@H]1Cn1nc(C)cc1C. The van der Waals surface area contributed by atoms with E-state index in [1.165, 1.54) is 18.5 Å². The maximum absolute atomic E-state index is 4.61. The number of rotatable bonds is 7. The molecule has 2 aromatic heterocycles. The van der Waals surface area contributed by atoms with Crippen molar-refractivity contribution < 1.29 is 0 Å². The van der Waals surface area contributed by atoms with Gasteiger partial charge in [0.2, 0.25) is 0 Å². The van der Waals surface area contributed by atoms with E-state index in [0.29, 0.717) is 6.04 Å². The molecule has 7 heteroatoms. The topological polar surface area (TPSA) is 64.7 Å². The molecule has 0 radical (unpaired) electrons. The summed E-state index contributed by atoms with van der Waals surface area (Å²) in [4.78, 5) is 2.50. The van der Waals surface area contributed by atoms with Crippen molar-refractivity contribution in [3.63, 3.8) is 0 Å². The minimum atomic E-state index is 0.518. The molecule has 2 aromatic rings. The van der Waals surface area contributed by atoms with Gasteiger partial charge in [-0.1, -0.05) is 13.3 Å². The largest absolute Gasteiger partial charge is 0.291 e. The minimum Gasteiger partial charge on any atom is -0.291 e. The summed E-state index contributed by atoms with van der Waals surface area (Å²) < 4.78 is 4.10. The van der Waals surface area contributed by atoms with E-state index >= 15 is 0 Å². The summed E-state index contributed by atoms with van der Waals surface area (Å²) in [5, 5.41) is 16.8. The first-order valence-corrected chi connectivity index (χ1v) is 8.67. The highest BCUT2D eigenvalue weighted by Gasteiger charge is 2.27. The number of aryl methyl sites for hydroxylation is 3. The van der Waals surface area contributed by atoms with Crippen molar-refractivity contribution in [3.8, 4) is 0 Å². The second kappa shape index (κ2) is 7.21. The number of hydrogen-bond acceptors (Lipinski definition) is 5. The van der Waals surface area contributed by atoms with Crippen LogP contribution in [0.25, 0.3) is 0 Å². The Morgan fingerprint density at radius 2 is 2.13 bits per heavy atom. The molecule has 7 nitrogen and oxygen atoms in total. The number of hydrogen-bond donors (Lipinski definition) is 0. The van der Waals surface area contributed by atoms with E-state index in [1.54, 1.807) is 0 Å². The van der Waals surface area contributed by atoms with E-state index in [4.69, 9.17) is 0 Å². The average Bonchev–Trinajstić information content (AvgIpc) is 3.21. The number of likely N-dealkylation sites (tertiary alicyclic amines) is 1. The molecule has 1 fully saturated rings. The Bertz CT molecular complexity index is 630. The van der Waals surface area contributed by atoms with Crippen LogP contribution in [0.1, 0.15) is 49.8 Å². The fraction of sp³-hybridized carbons (Fsp3) is 0.750. The molecule has 0 unspecified atom stereocenters. The highest BCUT2D eigenvalue weighted by atomic mass is 15.5. The van der Waals surface area contributed by atoms with Crippen molar-refractivity contribution in [3.05, 3.63) is 23.3 Å². The molecule has 0 spiro atoms. The van der Waals surface area contributed by atoms with E-state index in [-0.39, 0.29) is 0 Å². The fourth-order valence-corrected chi connectivity index (χ4v) is 3.37. The maximum atomic E-state index is 4.61. The molecule has 0 aliphatic carbocycles. The highest BCUT2D eigenvalue weighted by Crippen LogP contribution is 2.21. The summed E-state index contributed by atoms with van der Waals surface area (Å²) in [7, 11) is 0. The Labute approximate surface area is 137 Å². The lowest BCUT2D eigenvalue weighted by molar-refractivity contribution is 0.209. The molecular formula is C16H27N7. The van der Waals surface area contributed by atoms with Crippen molar-refractivity contribution in [1.82, 2.24) is 34.9 Å². The lowest BCUT2D eigenvalue weighted by atomic mass is 10.2. The summed E-state index contributed by atoms with van der Waals surface area (Å²) >= 11 is 0. The van der Waals surface area contributed by atoms with Crippen LogP contribution in [-0.4, -0.2) is 47.5 Å². The van der Waals surface area contributed by atoms with Crippen LogP contribution in [0.3, 0.4) is 0 Å². The van der Waals surface area contributed by atoms with Gasteiger partial charge in [-0.25, -0.2) is 4.68 Å². The Balaban J connectivity index is 1.65. The number of tetrazole rings is 1. The zero-order valence-electron chi connectivity index (χ0n) is 14.4. The molecule has 1 atom stereocenters. The molecule has 3 rings (SSSR count). The molecule has 1 aliphatic rings. The third-order valence-corrected chi connectivity index (χ3v) is 4.66. The van der Waals surface area contributed by atoms with Crippen LogP contribution in [0.5, 0.6) is 0 Å². The van der Waals surface area contributed by atoms with Gasteiger partial charge >= 0.3 is 0 Å². The van der Waals surface area contributed by atoms with E-state index < -0.39 is 0 Å². The van der Waals surface area contributed by atoms with Crippen molar-refractivity contribution in [2.24, 2.45) is 0 Å². The molecular weight excluding hydrogens is 290 g/mol. The number of unbranched alkanes of at least 4 members (excludes halogenated alkanes) is 1. The van der Waals surface area contributed by atoms with Gasteiger partial charge in [-0.05, 0) is 56.1 Å². The Morgan fingerprint density at radius 3 is 2.87 bits per heavy atom. The maximum Gasteiger partial charge on any atom is 0.165 e. The molecule has 0 bridgehead atoms. The molecule has 0 N–H and O–H groups in total. The molecule has 0 amide bonds. The zero-order chi connectivity index (χ0) is 16.2. The second-order valence-corrected chi connectivity index (χ2v) is 6.55. The van der Waals surface area contributed by atoms with Crippen LogP contribution in [0.4, 0.5) is 0 Å². The molecule has 0 saturated carbocycles. The van der Waals surface area contributed by atoms with Gasteiger partial charge in [0.15, 0.2) is 5.82 Å². The summed E-state index contributed by atoms with van der Waals surface area (Å²) in [6.07, 6.45) is 4.73. The molecule has 1 saturated heterocycles. The lowest BCUT2D eigenvalue weighted by Crippen LogP contribution is -2.34. The normalized spacial score (nSPS) is 18.8. The predicted octanol–water partition coefficient (Wildman–Crippen LogP) is 1.95. The summed E-state index contributed by atoms with van der Waals surface area (Å²) in [6.45, 7) is 10.2. The van der Waals surface area contributed by atoms with Gasteiger partial charge in [0.25, 0.3) is 0 Å². The molecule has 1 aliphatic heterocycles. The van der Waals surface area contributed by atoms with Gasteiger partial charge < -0.3 is 0 Å². The van der Waals surface area contributed by atoms with Gasteiger partial charge in [0, 0.05) is 18.3 Å². The number of nitrogens with zero attached hydrogens (tertiary/aromatic N) is 7. The fourth-order valence-electron chi connectivity index (χ4n) is 3.37. The standard InChI is InChI=1S/C16H27N7/c1-4-5-9-22-16(17-19-20-22)12-21-8-6-7-15(21)11-23-14(3)10-13(2)18-23/h10,15H,4-9,11-12H2,1-3H3/t15-/m1/s1. The third kappa shape index (κ3) is 3.77. The average molecular weight is 317 g/mol. The molecule has 126 valence electrons. The van der Waals surface area contributed by atoms with Crippen LogP contribution in [-0.2, 0) is 19.6 Å². The van der Waals surface area contributed by atoms with Gasteiger partial charge in [0.1, 0.15) is 0 Å². The third-order valence-electron chi connectivity index (χ3n) is 4.66. The summed E-state index contributed by atoms with van der Waals surface area (Å²) in [5.74, 6) is 0.985. The first-order chi connectivity index (χ1) is 11.2. The summed E-state index contributed by atoms with van der Waals surface area (Å²) in [6, 6.07) is 2.66. The minimum absolute atomic E-state index is 0.518. The first kappa shape index (κ1) is 16.1. The predicted molar refractivity (Wildman–Crippen MR) is 87.9 cm³/mol. The van der Waals surface area contributed by atoms with Crippen LogP contribution in [0, 0.1) is 13.8 Å². The van der Waals surface area contributed by atoms with Crippen LogP contribution in [0.15, 0.2) is 6.07 Å². The van der Waals surface area contributed by atoms with E-state index in [0.717, 1.165) is 50.5 Å². The monoisotopic (exact) mass is 317 g/mol. The molecule has 0 aromatic carbocycles. The van der Waals surface area contributed by atoms with E-state index in [2.05, 4.69) is 57.0 Å².